The number of nitrogens with zero attached hydrogens (tertiary/aromatic N) is 3. The fraction of sp³-hybridized carbons (Fsp3) is 0.214. The number of anilines is 1. The van der Waals surface area contributed by atoms with E-state index in [1.165, 1.54) is 0 Å². The molecule has 1 fully saturated rings. The van der Waals surface area contributed by atoms with Crippen molar-refractivity contribution in [3.8, 4) is 0 Å². The van der Waals surface area contributed by atoms with E-state index >= 15 is 0 Å². The number of halogens is 1. The SMILES string of the molecule is C[C@@H]1S[C@H](c2ccc(Cl)cc2)N(c2cnccn2)C1=O. The van der Waals surface area contributed by atoms with Crippen LogP contribution in [0, 0.1) is 0 Å². The van der Waals surface area contributed by atoms with Crippen LogP contribution in [0.4, 0.5) is 5.82 Å². The monoisotopic (exact) mass is 305 g/mol. The Morgan fingerprint density at radius 3 is 2.65 bits per heavy atom. The van der Waals surface area contributed by atoms with E-state index < -0.39 is 0 Å². The smallest absolute Gasteiger partial charge is 0.242 e. The Hall–Kier alpha value is -1.59. The van der Waals surface area contributed by atoms with Gasteiger partial charge in [0.25, 0.3) is 0 Å². The van der Waals surface area contributed by atoms with Crippen molar-refractivity contribution in [2.45, 2.75) is 17.5 Å². The summed E-state index contributed by atoms with van der Waals surface area (Å²) in [5.41, 5.74) is 1.03. The van der Waals surface area contributed by atoms with Crippen LogP contribution in [0.1, 0.15) is 17.9 Å². The number of benzene rings is 1. The number of thioether (sulfide) groups is 1. The fourth-order valence-electron chi connectivity index (χ4n) is 2.13. The van der Waals surface area contributed by atoms with Gasteiger partial charge >= 0.3 is 0 Å². The molecular weight excluding hydrogens is 294 g/mol. The predicted molar refractivity (Wildman–Crippen MR) is 80.8 cm³/mol. The Bertz CT molecular complexity index is 620. The molecule has 0 saturated carbocycles. The van der Waals surface area contributed by atoms with Gasteiger partial charge in [-0.15, -0.1) is 11.8 Å². The third kappa shape index (κ3) is 2.39. The standard InChI is InChI=1S/C14H12ClN3OS/c1-9-13(19)18(12-8-16-6-7-17-12)14(20-9)10-2-4-11(15)5-3-10/h2-9,14H,1H3/t9-,14+/m0/s1. The summed E-state index contributed by atoms with van der Waals surface area (Å²) in [6.45, 7) is 1.91. The molecule has 1 aromatic carbocycles. The highest BCUT2D eigenvalue weighted by molar-refractivity contribution is 8.01. The van der Waals surface area contributed by atoms with Crippen LogP contribution >= 0.6 is 23.4 Å². The molecule has 4 nitrogen and oxygen atoms in total. The van der Waals surface area contributed by atoms with E-state index in [9.17, 15) is 4.79 Å². The summed E-state index contributed by atoms with van der Waals surface area (Å²) in [6, 6.07) is 7.54. The van der Waals surface area contributed by atoms with E-state index in [4.69, 9.17) is 11.6 Å². The van der Waals surface area contributed by atoms with Gasteiger partial charge in [0.05, 0.1) is 11.4 Å². The van der Waals surface area contributed by atoms with Crippen LogP contribution in [0.15, 0.2) is 42.9 Å². The van der Waals surface area contributed by atoms with Gasteiger partial charge in [0.1, 0.15) is 5.37 Å². The van der Waals surface area contributed by atoms with Crippen molar-refractivity contribution in [2.24, 2.45) is 0 Å². The van der Waals surface area contributed by atoms with Gasteiger partial charge in [-0.1, -0.05) is 23.7 Å². The highest BCUT2D eigenvalue weighted by Gasteiger charge is 2.40. The van der Waals surface area contributed by atoms with Gasteiger partial charge in [0, 0.05) is 17.4 Å². The molecule has 1 saturated heterocycles. The summed E-state index contributed by atoms with van der Waals surface area (Å²) < 4.78 is 0. The second kappa shape index (κ2) is 5.42. The molecule has 1 aliphatic rings. The lowest BCUT2D eigenvalue weighted by molar-refractivity contribution is -0.117. The number of amides is 1. The number of aromatic nitrogens is 2. The molecule has 0 N–H and O–H groups in total. The normalized spacial score (nSPS) is 22.3. The molecule has 20 heavy (non-hydrogen) atoms. The summed E-state index contributed by atoms with van der Waals surface area (Å²) in [5.74, 6) is 0.629. The van der Waals surface area contributed by atoms with Gasteiger partial charge in [-0.3, -0.25) is 14.7 Å². The van der Waals surface area contributed by atoms with Crippen molar-refractivity contribution < 1.29 is 4.79 Å². The van der Waals surface area contributed by atoms with Crippen LogP contribution < -0.4 is 4.90 Å². The van der Waals surface area contributed by atoms with Gasteiger partial charge in [0.15, 0.2) is 5.82 Å². The number of hydrogen-bond donors (Lipinski definition) is 0. The lowest BCUT2D eigenvalue weighted by atomic mass is 10.2. The minimum atomic E-state index is -0.0994. The molecule has 1 aromatic heterocycles. The third-order valence-electron chi connectivity index (χ3n) is 3.10. The van der Waals surface area contributed by atoms with Crippen LogP contribution in [0.2, 0.25) is 5.02 Å². The van der Waals surface area contributed by atoms with Crippen molar-refractivity contribution in [2.75, 3.05) is 4.90 Å². The molecule has 0 radical (unpaired) electrons. The first-order valence-corrected chi connectivity index (χ1v) is 7.49. The molecule has 2 aromatic rings. The van der Waals surface area contributed by atoms with Crippen LogP contribution in [0.25, 0.3) is 0 Å². The lowest BCUT2D eigenvalue weighted by Crippen LogP contribution is -2.30. The Kier molecular flexibility index (Phi) is 3.63. The molecule has 0 unspecified atom stereocenters. The number of hydrogen-bond acceptors (Lipinski definition) is 4. The Morgan fingerprint density at radius 1 is 1.25 bits per heavy atom. The van der Waals surface area contributed by atoms with Gasteiger partial charge in [-0.05, 0) is 24.6 Å². The first-order chi connectivity index (χ1) is 9.66. The minimum absolute atomic E-state index is 0.0513. The molecule has 102 valence electrons. The molecule has 0 aliphatic carbocycles. The summed E-state index contributed by atoms with van der Waals surface area (Å²) in [5, 5.41) is 0.492. The van der Waals surface area contributed by atoms with Gasteiger partial charge in [-0.25, -0.2) is 4.98 Å². The maximum absolute atomic E-state index is 12.4. The van der Waals surface area contributed by atoms with Crippen molar-refractivity contribution in [3.05, 3.63) is 53.4 Å². The quantitative estimate of drug-likeness (QED) is 0.854. The zero-order chi connectivity index (χ0) is 14.1. The Labute approximate surface area is 126 Å². The zero-order valence-corrected chi connectivity index (χ0v) is 12.3. The number of carbonyl (C=O) groups excluding carboxylic acids is 1. The zero-order valence-electron chi connectivity index (χ0n) is 10.7. The predicted octanol–water partition coefficient (Wildman–Crippen LogP) is 3.30. The van der Waals surface area contributed by atoms with Crippen molar-refractivity contribution in [1.29, 1.82) is 0 Å². The van der Waals surface area contributed by atoms with Crippen LogP contribution in [0.3, 0.4) is 0 Å². The molecule has 3 rings (SSSR count). The van der Waals surface area contributed by atoms with Crippen molar-refractivity contribution in [3.63, 3.8) is 0 Å². The maximum atomic E-state index is 12.4. The molecule has 2 heterocycles. The summed E-state index contributed by atoms with van der Waals surface area (Å²) in [4.78, 5) is 22.4. The number of rotatable bonds is 2. The van der Waals surface area contributed by atoms with Gasteiger partial charge in [-0.2, -0.15) is 0 Å². The average Bonchev–Trinajstić information content (AvgIpc) is 2.77. The number of carbonyl (C=O) groups is 1. The summed E-state index contributed by atoms with van der Waals surface area (Å²) in [7, 11) is 0. The van der Waals surface area contributed by atoms with Crippen LogP contribution in [-0.2, 0) is 4.79 Å². The third-order valence-corrected chi connectivity index (χ3v) is 4.71. The second-order valence-corrected chi connectivity index (χ2v) is 6.32. The van der Waals surface area contributed by atoms with E-state index in [1.54, 1.807) is 35.3 Å². The summed E-state index contributed by atoms with van der Waals surface area (Å²) in [6.07, 6.45) is 4.80. The van der Waals surface area contributed by atoms with E-state index in [-0.39, 0.29) is 16.5 Å². The fourth-order valence-corrected chi connectivity index (χ4v) is 3.52. The molecule has 6 heteroatoms. The maximum Gasteiger partial charge on any atom is 0.242 e. The van der Waals surface area contributed by atoms with Gasteiger partial charge < -0.3 is 0 Å². The first-order valence-electron chi connectivity index (χ1n) is 6.17. The highest BCUT2D eigenvalue weighted by Crippen LogP contribution is 2.44. The van der Waals surface area contributed by atoms with E-state index in [0.717, 1.165) is 5.56 Å². The molecule has 1 aliphatic heterocycles. The first kappa shape index (κ1) is 13.4. The van der Waals surface area contributed by atoms with E-state index in [2.05, 4.69) is 9.97 Å². The molecule has 1 amide bonds. The average molecular weight is 306 g/mol. The van der Waals surface area contributed by atoms with Gasteiger partial charge in [0.2, 0.25) is 5.91 Å². The Morgan fingerprint density at radius 2 is 2.00 bits per heavy atom. The second-order valence-electron chi connectivity index (χ2n) is 4.45. The topological polar surface area (TPSA) is 46.1 Å². The summed E-state index contributed by atoms with van der Waals surface area (Å²) >= 11 is 7.52. The van der Waals surface area contributed by atoms with E-state index in [0.29, 0.717) is 10.8 Å². The van der Waals surface area contributed by atoms with Crippen molar-refractivity contribution in [1.82, 2.24) is 9.97 Å². The largest absolute Gasteiger partial charge is 0.278 e. The molecule has 2 atom stereocenters. The van der Waals surface area contributed by atoms with E-state index in [1.807, 2.05) is 31.2 Å². The molecule has 0 bridgehead atoms. The highest BCUT2D eigenvalue weighted by atomic mass is 35.5. The van der Waals surface area contributed by atoms with Crippen molar-refractivity contribution >= 4 is 35.1 Å². The molecule has 0 spiro atoms. The van der Waals surface area contributed by atoms with Crippen LogP contribution in [0.5, 0.6) is 0 Å². The molecular formula is C14H12ClN3OS. The lowest BCUT2D eigenvalue weighted by Gasteiger charge is -2.22. The Balaban J connectivity index is 2.00. The minimum Gasteiger partial charge on any atom is -0.278 e. The van der Waals surface area contributed by atoms with Crippen LogP contribution in [-0.4, -0.2) is 21.1 Å².